The van der Waals surface area contributed by atoms with Crippen LogP contribution in [0.25, 0.3) is 11.0 Å². The fourth-order valence-corrected chi connectivity index (χ4v) is 5.82. The molecule has 146 valence electrons. The van der Waals surface area contributed by atoms with Crippen molar-refractivity contribution < 1.29 is 22.4 Å². The minimum absolute atomic E-state index is 0.0857. The third-order valence-electron chi connectivity index (χ3n) is 5.51. The molecule has 0 saturated carbocycles. The molecule has 0 bridgehead atoms. The number of nitrogens with zero attached hydrogens (tertiary/aromatic N) is 2. The van der Waals surface area contributed by atoms with Crippen molar-refractivity contribution in [2.45, 2.75) is 19.1 Å². The predicted octanol–water partition coefficient (Wildman–Crippen LogP) is 1.52. The summed E-state index contributed by atoms with van der Waals surface area (Å²) in [5, 5.41) is 0.900. The zero-order valence-corrected chi connectivity index (χ0v) is 16.2. The van der Waals surface area contributed by atoms with E-state index in [0.29, 0.717) is 50.5 Å². The SMILES string of the molecule is COCc1c(C(=O)N2CCN([C@H]3CCS(=O)(=O)C3)CC2)oc2ccccc12. The number of fused-ring (bicyclic) bond motifs is 1. The molecule has 8 heteroatoms. The maximum atomic E-state index is 13.1. The zero-order chi connectivity index (χ0) is 19.0. The molecule has 1 atom stereocenters. The van der Waals surface area contributed by atoms with Crippen LogP contribution < -0.4 is 0 Å². The highest BCUT2D eigenvalue weighted by molar-refractivity contribution is 7.91. The summed E-state index contributed by atoms with van der Waals surface area (Å²) in [5.41, 5.74) is 1.46. The van der Waals surface area contributed by atoms with Gasteiger partial charge in [0, 0.05) is 50.3 Å². The Morgan fingerprint density at radius 3 is 2.63 bits per heavy atom. The van der Waals surface area contributed by atoms with E-state index in [1.54, 1.807) is 12.0 Å². The topological polar surface area (TPSA) is 80.1 Å². The Morgan fingerprint density at radius 2 is 1.96 bits per heavy atom. The molecule has 0 unspecified atom stereocenters. The Morgan fingerprint density at radius 1 is 1.22 bits per heavy atom. The zero-order valence-electron chi connectivity index (χ0n) is 15.4. The molecule has 1 aromatic carbocycles. The molecule has 2 aliphatic heterocycles. The van der Waals surface area contributed by atoms with Crippen molar-refractivity contribution in [3.63, 3.8) is 0 Å². The van der Waals surface area contributed by atoms with Crippen LogP contribution >= 0.6 is 0 Å². The van der Waals surface area contributed by atoms with Gasteiger partial charge in [0.15, 0.2) is 15.6 Å². The van der Waals surface area contributed by atoms with Gasteiger partial charge in [-0.05, 0) is 12.5 Å². The van der Waals surface area contributed by atoms with Crippen molar-refractivity contribution >= 4 is 26.7 Å². The van der Waals surface area contributed by atoms with E-state index >= 15 is 0 Å². The number of para-hydroxylation sites is 1. The van der Waals surface area contributed by atoms with Gasteiger partial charge in [0.05, 0.1) is 18.1 Å². The van der Waals surface area contributed by atoms with Gasteiger partial charge >= 0.3 is 0 Å². The van der Waals surface area contributed by atoms with Gasteiger partial charge in [-0.3, -0.25) is 9.69 Å². The number of benzene rings is 1. The summed E-state index contributed by atoms with van der Waals surface area (Å²) >= 11 is 0. The first-order chi connectivity index (χ1) is 13.0. The normalized spacial score (nSPS) is 23.1. The first kappa shape index (κ1) is 18.5. The first-order valence-corrected chi connectivity index (χ1v) is 11.0. The van der Waals surface area contributed by atoms with Crippen LogP contribution in [0.1, 0.15) is 22.5 Å². The third kappa shape index (κ3) is 3.61. The molecule has 4 rings (SSSR count). The number of furan rings is 1. The largest absolute Gasteiger partial charge is 0.451 e. The van der Waals surface area contributed by atoms with Crippen LogP contribution in [-0.4, -0.2) is 75.0 Å². The lowest BCUT2D eigenvalue weighted by Gasteiger charge is -2.37. The van der Waals surface area contributed by atoms with Crippen molar-refractivity contribution in [3.05, 3.63) is 35.6 Å². The molecule has 0 radical (unpaired) electrons. The minimum atomic E-state index is -2.90. The Bertz CT molecular complexity index is 944. The van der Waals surface area contributed by atoms with Gasteiger partial charge < -0.3 is 14.1 Å². The van der Waals surface area contributed by atoms with Gasteiger partial charge in [-0.1, -0.05) is 18.2 Å². The molecular formula is C19H24N2O5S. The van der Waals surface area contributed by atoms with E-state index < -0.39 is 9.84 Å². The summed E-state index contributed by atoms with van der Waals surface area (Å²) in [7, 11) is -1.29. The minimum Gasteiger partial charge on any atom is -0.451 e. The van der Waals surface area contributed by atoms with Gasteiger partial charge in [0.2, 0.25) is 0 Å². The summed E-state index contributed by atoms with van der Waals surface area (Å²) in [6.07, 6.45) is 0.692. The number of rotatable bonds is 4. The number of carbonyl (C=O) groups excluding carboxylic acids is 1. The molecule has 1 amide bonds. The van der Waals surface area contributed by atoms with Gasteiger partial charge in [-0.25, -0.2) is 8.42 Å². The molecule has 1 aromatic heterocycles. The highest BCUT2D eigenvalue weighted by Crippen LogP contribution is 2.28. The number of carbonyl (C=O) groups is 1. The average molecular weight is 392 g/mol. The molecule has 2 aliphatic rings. The third-order valence-corrected chi connectivity index (χ3v) is 7.26. The number of amides is 1. The van der Waals surface area contributed by atoms with E-state index in [1.165, 1.54) is 0 Å². The summed E-state index contributed by atoms with van der Waals surface area (Å²) in [6, 6.07) is 7.67. The van der Waals surface area contributed by atoms with Gasteiger partial charge in [0.25, 0.3) is 5.91 Å². The second-order valence-corrected chi connectivity index (χ2v) is 9.45. The number of hydrogen-bond donors (Lipinski definition) is 0. The quantitative estimate of drug-likeness (QED) is 0.785. The van der Waals surface area contributed by atoms with Crippen molar-refractivity contribution in [2.24, 2.45) is 0 Å². The summed E-state index contributed by atoms with van der Waals surface area (Å²) in [6.45, 7) is 2.83. The average Bonchev–Trinajstić information content (AvgIpc) is 3.22. The molecule has 0 spiro atoms. The van der Waals surface area contributed by atoms with E-state index in [2.05, 4.69) is 4.90 Å². The Labute approximate surface area is 158 Å². The molecule has 2 saturated heterocycles. The number of piperazine rings is 1. The molecule has 7 nitrogen and oxygen atoms in total. The summed E-state index contributed by atoms with van der Waals surface area (Å²) in [5.74, 6) is 0.727. The second-order valence-electron chi connectivity index (χ2n) is 7.22. The smallest absolute Gasteiger partial charge is 0.290 e. The van der Waals surface area contributed by atoms with Crippen LogP contribution in [0.2, 0.25) is 0 Å². The van der Waals surface area contributed by atoms with E-state index in [0.717, 1.165) is 10.9 Å². The van der Waals surface area contributed by atoms with Crippen molar-refractivity contribution in [3.8, 4) is 0 Å². The molecule has 3 heterocycles. The molecule has 0 N–H and O–H groups in total. The first-order valence-electron chi connectivity index (χ1n) is 9.21. The maximum absolute atomic E-state index is 13.1. The summed E-state index contributed by atoms with van der Waals surface area (Å²) in [4.78, 5) is 17.0. The Balaban J connectivity index is 1.48. The number of sulfone groups is 1. The summed E-state index contributed by atoms with van der Waals surface area (Å²) < 4.78 is 34.6. The van der Waals surface area contributed by atoms with Crippen LogP contribution in [-0.2, 0) is 21.2 Å². The number of ether oxygens (including phenoxy) is 1. The van der Waals surface area contributed by atoms with Crippen molar-refractivity contribution in [1.82, 2.24) is 9.80 Å². The second kappa shape index (κ2) is 7.26. The van der Waals surface area contributed by atoms with Crippen molar-refractivity contribution in [1.29, 1.82) is 0 Å². The fraction of sp³-hybridized carbons (Fsp3) is 0.526. The van der Waals surface area contributed by atoms with Gasteiger partial charge in [0.1, 0.15) is 5.58 Å². The van der Waals surface area contributed by atoms with E-state index in [-0.39, 0.29) is 23.5 Å². The number of hydrogen-bond acceptors (Lipinski definition) is 6. The molecule has 2 fully saturated rings. The Kier molecular flexibility index (Phi) is 4.96. The van der Waals surface area contributed by atoms with Crippen LogP contribution in [0.3, 0.4) is 0 Å². The lowest BCUT2D eigenvalue weighted by Crippen LogP contribution is -2.52. The van der Waals surface area contributed by atoms with E-state index in [9.17, 15) is 13.2 Å². The Hall–Kier alpha value is -1.90. The predicted molar refractivity (Wildman–Crippen MR) is 101 cm³/mol. The number of methoxy groups -OCH3 is 1. The molecule has 27 heavy (non-hydrogen) atoms. The van der Waals surface area contributed by atoms with Crippen LogP contribution in [0.5, 0.6) is 0 Å². The van der Waals surface area contributed by atoms with Crippen LogP contribution in [0, 0.1) is 0 Å². The van der Waals surface area contributed by atoms with Gasteiger partial charge in [-0.15, -0.1) is 0 Å². The van der Waals surface area contributed by atoms with E-state index in [4.69, 9.17) is 9.15 Å². The van der Waals surface area contributed by atoms with E-state index in [1.807, 2.05) is 24.3 Å². The maximum Gasteiger partial charge on any atom is 0.290 e. The standard InChI is InChI=1S/C19H24N2O5S/c1-25-12-16-15-4-2-3-5-17(15)26-18(16)19(22)21-9-7-20(8-10-21)14-6-11-27(23,24)13-14/h2-5,14H,6-13H2,1H3/t14-/m0/s1. The molecule has 2 aromatic rings. The van der Waals surface area contributed by atoms with Crippen LogP contribution in [0.15, 0.2) is 28.7 Å². The highest BCUT2D eigenvalue weighted by atomic mass is 32.2. The molecule has 0 aliphatic carbocycles. The van der Waals surface area contributed by atoms with Crippen LogP contribution in [0.4, 0.5) is 0 Å². The highest BCUT2D eigenvalue weighted by Gasteiger charge is 2.35. The monoisotopic (exact) mass is 392 g/mol. The lowest BCUT2D eigenvalue weighted by molar-refractivity contribution is 0.0555. The van der Waals surface area contributed by atoms with Crippen molar-refractivity contribution in [2.75, 3.05) is 44.8 Å². The fourth-order valence-electron chi connectivity index (χ4n) is 4.06. The lowest BCUT2D eigenvalue weighted by atomic mass is 10.1. The van der Waals surface area contributed by atoms with Gasteiger partial charge in [-0.2, -0.15) is 0 Å². The molecular weight excluding hydrogens is 368 g/mol.